The molecule has 2 aliphatic rings. The number of hydrogen-bond acceptors (Lipinski definition) is 7. The number of hydrazine groups is 1. The lowest BCUT2D eigenvalue weighted by Gasteiger charge is -2.34. The van der Waals surface area contributed by atoms with Gasteiger partial charge in [-0.15, -0.1) is 0 Å². The summed E-state index contributed by atoms with van der Waals surface area (Å²) in [6.07, 6.45) is -2.59. The van der Waals surface area contributed by atoms with Crippen LogP contribution < -0.4 is 16.0 Å². The Morgan fingerprint density at radius 1 is 1.17 bits per heavy atom. The van der Waals surface area contributed by atoms with E-state index in [-0.39, 0.29) is 37.0 Å². The van der Waals surface area contributed by atoms with Crippen LogP contribution in [0, 0.1) is 5.92 Å². The summed E-state index contributed by atoms with van der Waals surface area (Å²) >= 11 is 0. The maximum absolute atomic E-state index is 13.5. The summed E-state index contributed by atoms with van der Waals surface area (Å²) in [5.41, 5.74) is 0.0275. The van der Waals surface area contributed by atoms with Crippen LogP contribution >= 0.6 is 0 Å². The molecular weight excluding hydrogens is 470 g/mol. The second-order valence-corrected chi connectivity index (χ2v) is 10.5. The fraction of sp³-hybridized carbons (Fsp3) is 0.583. The first-order valence-electron chi connectivity index (χ1n) is 11.9. The first kappa shape index (κ1) is 27.2. The van der Waals surface area contributed by atoms with Gasteiger partial charge in [-0.3, -0.25) is 14.9 Å². The van der Waals surface area contributed by atoms with Gasteiger partial charge >= 0.3 is 12.2 Å². The van der Waals surface area contributed by atoms with Gasteiger partial charge in [0.1, 0.15) is 11.6 Å². The summed E-state index contributed by atoms with van der Waals surface area (Å²) < 4.78 is 5.21. The van der Waals surface area contributed by atoms with Crippen molar-refractivity contribution in [1.29, 1.82) is 0 Å². The summed E-state index contributed by atoms with van der Waals surface area (Å²) in [5, 5.41) is 30.3. The van der Waals surface area contributed by atoms with Crippen LogP contribution in [0.4, 0.5) is 15.3 Å². The summed E-state index contributed by atoms with van der Waals surface area (Å²) in [5.74, 6) is -1.11. The molecule has 0 saturated carbocycles. The molecule has 0 aromatic heterocycles. The maximum Gasteiger partial charge on any atom is 0.426 e. The molecular formula is C24H35N5O7. The zero-order valence-electron chi connectivity index (χ0n) is 21.1. The van der Waals surface area contributed by atoms with Crippen LogP contribution in [0.25, 0.3) is 0 Å². The van der Waals surface area contributed by atoms with Crippen LogP contribution in [0.1, 0.15) is 51.4 Å². The molecule has 1 aromatic rings. The molecule has 2 fully saturated rings. The summed E-state index contributed by atoms with van der Waals surface area (Å²) in [6, 6.07) is 3.94. The largest absolute Gasteiger partial charge is 0.464 e. The van der Waals surface area contributed by atoms with Gasteiger partial charge in [-0.2, -0.15) is 0 Å². The van der Waals surface area contributed by atoms with E-state index in [1.165, 1.54) is 24.3 Å². The molecule has 3 rings (SSSR count). The number of nitrogens with one attached hydrogen (secondary N) is 3. The van der Waals surface area contributed by atoms with E-state index in [1.807, 2.05) is 13.8 Å². The number of anilines is 1. The van der Waals surface area contributed by atoms with Crippen molar-refractivity contribution in [3.05, 3.63) is 29.8 Å². The first-order chi connectivity index (χ1) is 16.8. The quantitative estimate of drug-likeness (QED) is 0.390. The van der Waals surface area contributed by atoms with E-state index >= 15 is 0 Å². The van der Waals surface area contributed by atoms with Gasteiger partial charge < -0.3 is 25.6 Å². The fourth-order valence-corrected chi connectivity index (χ4v) is 4.38. The van der Waals surface area contributed by atoms with Gasteiger partial charge in [-0.25, -0.2) is 19.6 Å². The number of carboxylic acid groups (broad SMARTS) is 1. The smallest absolute Gasteiger partial charge is 0.426 e. The third-order valence-electron chi connectivity index (χ3n) is 5.86. The zero-order valence-corrected chi connectivity index (χ0v) is 21.1. The predicted molar refractivity (Wildman–Crippen MR) is 130 cm³/mol. The number of ether oxygens (including phenoxy) is 1. The number of hydrogen-bond donors (Lipinski definition) is 5. The van der Waals surface area contributed by atoms with E-state index in [2.05, 4.69) is 16.0 Å². The molecule has 2 aliphatic heterocycles. The Morgan fingerprint density at radius 3 is 2.36 bits per heavy atom. The summed E-state index contributed by atoms with van der Waals surface area (Å²) in [6.45, 7) is 9.29. The van der Waals surface area contributed by atoms with Gasteiger partial charge in [0.05, 0.1) is 24.7 Å². The topological polar surface area (TPSA) is 161 Å². The molecule has 3 unspecified atom stereocenters. The Kier molecular flexibility index (Phi) is 8.09. The first-order valence-corrected chi connectivity index (χ1v) is 11.9. The van der Waals surface area contributed by atoms with Crippen molar-refractivity contribution >= 4 is 29.7 Å². The van der Waals surface area contributed by atoms with Crippen molar-refractivity contribution in [2.45, 2.75) is 70.9 Å². The molecule has 0 spiro atoms. The number of amides is 4. The lowest BCUT2D eigenvalue weighted by molar-refractivity contribution is -0.150. The number of β-amino-alcohol motifs (C(OH)–C–C–N with tert-alkyl or cyclic N) is 1. The third kappa shape index (κ3) is 6.43. The van der Waals surface area contributed by atoms with Gasteiger partial charge in [0.25, 0.3) is 11.8 Å². The molecule has 5 N–H and O–H groups in total. The highest BCUT2D eigenvalue weighted by Gasteiger charge is 2.52. The highest BCUT2D eigenvalue weighted by atomic mass is 16.6. The lowest BCUT2D eigenvalue weighted by Crippen LogP contribution is -2.58. The van der Waals surface area contributed by atoms with E-state index in [1.54, 1.807) is 20.8 Å². The van der Waals surface area contributed by atoms with Gasteiger partial charge in [0.15, 0.2) is 0 Å². The van der Waals surface area contributed by atoms with E-state index in [0.29, 0.717) is 5.69 Å². The molecule has 2 saturated heterocycles. The van der Waals surface area contributed by atoms with Crippen molar-refractivity contribution in [3.8, 4) is 0 Å². The molecule has 0 bridgehead atoms. The van der Waals surface area contributed by atoms with Crippen molar-refractivity contribution in [1.82, 2.24) is 20.7 Å². The Labute approximate surface area is 209 Å². The second-order valence-electron chi connectivity index (χ2n) is 10.5. The maximum atomic E-state index is 13.5. The number of rotatable bonds is 6. The molecule has 36 heavy (non-hydrogen) atoms. The number of aliphatic hydroxyl groups excluding tert-OH is 1. The van der Waals surface area contributed by atoms with Crippen LogP contribution in [0.15, 0.2) is 24.3 Å². The monoisotopic (exact) mass is 505 g/mol. The highest BCUT2D eigenvalue weighted by Crippen LogP contribution is 2.28. The molecule has 12 nitrogen and oxygen atoms in total. The Morgan fingerprint density at radius 2 is 1.81 bits per heavy atom. The highest BCUT2D eigenvalue weighted by molar-refractivity contribution is 5.98. The molecule has 4 atom stereocenters. The Bertz CT molecular complexity index is 992. The zero-order chi connectivity index (χ0) is 26.8. The second kappa shape index (κ2) is 10.7. The predicted octanol–water partition coefficient (Wildman–Crippen LogP) is 1.62. The SMILES string of the molecule is CC(C)C[C@H](NC(=O)c1ccc(NC(=O)OC(C)(C)C)cc1)C(=O)N1C2C(O)CNC2CN1C(=O)O. The van der Waals surface area contributed by atoms with Crippen molar-refractivity contribution < 1.29 is 34.1 Å². The van der Waals surface area contributed by atoms with Gasteiger partial charge in [-0.05, 0) is 57.4 Å². The number of carbonyl (C=O) groups excluding carboxylic acids is 3. The number of fused-ring (bicyclic) bond motifs is 1. The molecule has 12 heteroatoms. The standard InChI is InChI=1S/C24H35N5O7/c1-13(2)10-16(21(32)29-19-17(25-11-18(19)30)12-28(29)23(34)35)27-20(31)14-6-8-15(9-7-14)26-22(33)36-24(3,4)5/h6-9,13,16-19,25,30H,10-12H2,1-5H3,(H,26,33)(H,27,31)(H,34,35)/t16-,17?,18?,19?/m0/s1. The van der Waals surface area contributed by atoms with Gasteiger partial charge in [0.2, 0.25) is 0 Å². The summed E-state index contributed by atoms with van der Waals surface area (Å²) in [7, 11) is 0. The van der Waals surface area contributed by atoms with E-state index in [0.717, 1.165) is 10.0 Å². The number of benzene rings is 1. The average molecular weight is 506 g/mol. The Balaban J connectivity index is 1.74. The van der Waals surface area contributed by atoms with Crippen LogP contribution in [0.5, 0.6) is 0 Å². The fourth-order valence-electron chi connectivity index (χ4n) is 4.38. The number of nitrogens with zero attached hydrogens (tertiary/aromatic N) is 2. The van der Waals surface area contributed by atoms with Crippen LogP contribution in [-0.2, 0) is 9.53 Å². The van der Waals surface area contributed by atoms with Crippen molar-refractivity contribution in [2.75, 3.05) is 18.4 Å². The minimum atomic E-state index is -1.31. The summed E-state index contributed by atoms with van der Waals surface area (Å²) in [4.78, 5) is 50.3. The average Bonchev–Trinajstić information content (AvgIpc) is 3.31. The molecule has 198 valence electrons. The van der Waals surface area contributed by atoms with E-state index < -0.39 is 47.8 Å². The molecule has 0 radical (unpaired) electrons. The van der Waals surface area contributed by atoms with Crippen molar-refractivity contribution in [2.24, 2.45) is 5.92 Å². The molecule has 2 heterocycles. The van der Waals surface area contributed by atoms with Gasteiger partial charge in [-0.1, -0.05) is 13.8 Å². The minimum Gasteiger partial charge on any atom is -0.464 e. The van der Waals surface area contributed by atoms with Crippen LogP contribution in [-0.4, -0.2) is 87.2 Å². The van der Waals surface area contributed by atoms with E-state index in [4.69, 9.17) is 4.74 Å². The molecule has 0 aliphatic carbocycles. The van der Waals surface area contributed by atoms with Crippen LogP contribution in [0.2, 0.25) is 0 Å². The van der Waals surface area contributed by atoms with Gasteiger partial charge in [0, 0.05) is 17.8 Å². The normalized spacial score (nSPS) is 22.2. The number of aliphatic hydroxyl groups is 1. The van der Waals surface area contributed by atoms with E-state index in [9.17, 15) is 29.4 Å². The minimum absolute atomic E-state index is 0.0166. The third-order valence-corrected chi connectivity index (χ3v) is 5.86. The lowest BCUT2D eigenvalue weighted by atomic mass is 10.0. The number of carbonyl (C=O) groups is 4. The Hall–Kier alpha value is -3.38. The van der Waals surface area contributed by atoms with Crippen LogP contribution in [0.3, 0.4) is 0 Å². The molecule has 1 aromatic carbocycles. The van der Waals surface area contributed by atoms with Crippen molar-refractivity contribution in [3.63, 3.8) is 0 Å². The molecule has 4 amide bonds.